The van der Waals surface area contributed by atoms with Crippen LogP contribution in [0, 0.1) is 6.92 Å². The molecule has 4 heteroatoms. The fraction of sp³-hybridized carbons (Fsp3) is 0.562. The van der Waals surface area contributed by atoms with Crippen LogP contribution >= 0.6 is 0 Å². The van der Waals surface area contributed by atoms with E-state index in [0.29, 0.717) is 13.1 Å². The highest BCUT2D eigenvalue weighted by molar-refractivity contribution is 5.68. The van der Waals surface area contributed by atoms with Gasteiger partial charge in [0.05, 0.1) is 13.7 Å². The van der Waals surface area contributed by atoms with E-state index < -0.39 is 5.60 Å². The summed E-state index contributed by atoms with van der Waals surface area (Å²) in [7, 11) is 1.64. The molecule has 1 aromatic rings. The molecular weight excluding hydrogens is 254 g/mol. The van der Waals surface area contributed by atoms with Crippen molar-refractivity contribution in [3.8, 4) is 5.75 Å². The zero-order chi connectivity index (χ0) is 15.3. The summed E-state index contributed by atoms with van der Waals surface area (Å²) in [5.41, 5.74) is 1.64. The molecule has 0 heterocycles. The number of rotatable bonds is 4. The van der Waals surface area contributed by atoms with E-state index >= 15 is 0 Å². The van der Waals surface area contributed by atoms with Crippen molar-refractivity contribution < 1.29 is 14.3 Å². The van der Waals surface area contributed by atoms with Crippen LogP contribution in [0.1, 0.15) is 38.8 Å². The molecular formula is C16H25NO3. The number of amides is 1. The zero-order valence-corrected chi connectivity index (χ0v) is 13.3. The average Bonchev–Trinajstić information content (AvgIpc) is 2.33. The minimum Gasteiger partial charge on any atom is -0.496 e. The van der Waals surface area contributed by atoms with Crippen molar-refractivity contribution >= 4 is 6.09 Å². The van der Waals surface area contributed by atoms with Gasteiger partial charge in [-0.15, -0.1) is 0 Å². The van der Waals surface area contributed by atoms with Gasteiger partial charge in [0, 0.05) is 12.1 Å². The first-order chi connectivity index (χ1) is 9.26. The molecule has 0 spiro atoms. The van der Waals surface area contributed by atoms with Crippen LogP contribution in [0.15, 0.2) is 18.2 Å². The second-order valence-electron chi connectivity index (χ2n) is 5.81. The van der Waals surface area contributed by atoms with E-state index in [2.05, 4.69) is 0 Å². The number of methoxy groups -OCH3 is 1. The quantitative estimate of drug-likeness (QED) is 0.842. The van der Waals surface area contributed by atoms with E-state index in [0.717, 1.165) is 16.9 Å². The Morgan fingerprint density at radius 1 is 1.30 bits per heavy atom. The minimum atomic E-state index is -0.485. The average molecular weight is 279 g/mol. The topological polar surface area (TPSA) is 38.8 Å². The van der Waals surface area contributed by atoms with Gasteiger partial charge in [0.15, 0.2) is 0 Å². The Bertz CT molecular complexity index is 463. The lowest BCUT2D eigenvalue weighted by Gasteiger charge is -2.27. The molecule has 1 amide bonds. The van der Waals surface area contributed by atoms with E-state index in [9.17, 15) is 4.79 Å². The number of hydrogen-bond donors (Lipinski definition) is 0. The van der Waals surface area contributed by atoms with Crippen LogP contribution in [-0.2, 0) is 11.3 Å². The third-order valence-corrected chi connectivity index (χ3v) is 2.83. The molecule has 0 fully saturated rings. The second kappa shape index (κ2) is 6.64. The number of ether oxygens (including phenoxy) is 2. The van der Waals surface area contributed by atoms with E-state index in [1.54, 1.807) is 12.0 Å². The maximum Gasteiger partial charge on any atom is 0.410 e. The zero-order valence-electron chi connectivity index (χ0n) is 13.3. The number of carbonyl (C=O) groups is 1. The summed E-state index contributed by atoms with van der Waals surface area (Å²) in [6.45, 7) is 10.6. The standard InChI is InChI=1S/C16H25NO3/c1-7-17(15(18)20-16(3,4)5)11-13-10-12(2)8-9-14(13)19-6/h8-10H,7,11H2,1-6H3. The van der Waals surface area contributed by atoms with Gasteiger partial charge in [-0.2, -0.15) is 0 Å². The molecule has 0 saturated heterocycles. The summed E-state index contributed by atoms with van der Waals surface area (Å²) in [5, 5.41) is 0. The van der Waals surface area contributed by atoms with Gasteiger partial charge in [-0.1, -0.05) is 17.7 Å². The van der Waals surface area contributed by atoms with Gasteiger partial charge in [0.2, 0.25) is 0 Å². The van der Waals surface area contributed by atoms with Crippen molar-refractivity contribution in [1.29, 1.82) is 0 Å². The summed E-state index contributed by atoms with van der Waals surface area (Å²) in [4.78, 5) is 13.8. The van der Waals surface area contributed by atoms with Crippen LogP contribution in [0.25, 0.3) is 0 Å². The van der Waals surface area contributed by atoms with Crippen molar-refractivity contribution in [2.45, 2.75) is 46.8 Å². The fourth-order valence-corrected chi connectivity index (χ4v) is 1.87. The summed E-state index contributed by atoms with van der Waals surface area (Å²) < 4.78 is 10.8. The molecule has 0 saturated carbocycles. The Balaban J connectivity index is 2.88. The Hall–Kier alpha value is -1.71. The van der Waals surface area contributed by atoms with Gasteiger partial charge in [-0.3, -0.25) is 0 Å². The molecule has 0 bridgehead atoms. The smallest absolute Gasteiger partial charge is 0.410 e. The summed E-state index contributed by atoms with van der Waals surface area (Å²) in [5.74, 6) is 0.789. The van der Waals surface area contributed by atoms with Crippen molar-refractivity contribution in [2.75, 3.05) is 13.7 Å². The third kappa shape index (κ3) is 4.76. The minimum absolute atomic E-state index is 0.302. The summed E-state index contributed by atoms with van der Waals surface area (Å²) in [6, 6.07) is 5.95. The Kier molecular flexibility index (Phi) is 5.43. The molecule has 0 radical (unpaired) electrons. The highest BCUT2D eigenvalue weighted by Gasteiger charge is 2.22. The highest BCUT2D eigenvalue weighted by Crippen LogP contribution is 2.22. The van der Waals surface area contributed by atoms with Gasteiger partial charge in [-0.05, 0) is 40.7 Å². The van der Waals surface area contributed by atoms with Crippen molar-refractivity contribution in [1.82, 2.24) is 4.90 Å². The van der Waals surface area contributed by atoms with Crippen LogP contribution < -0.4 is 4.74 Å². The van der Waals surface area contributed by atoms with Gasteiger partial charge in [0.25, 0.3) is 0 Å². The van der Waals surface area contributed by atoms with Gasteiger partial charge in [0.1, 0.15) is 11.4 Å². The molecule has 0 atom stereocenters. The normalized spacial score (nSPS) is 11.1. The molecule has 0 aliphatic heterocycles. The molecule has 4 nitrogen and oxygen atoms in total. The Morgan fingerprint density at radius 3 is 2.45 bits per heavy atom. The van der Waals surface area contributed by atoms with E-state index in [4.69, 9.17) is 9.47 Å². The van der Waals surface area contributed by atoms with E-state index in [1.807, 2.05) is 52.8 Å². The summed E-state index contributed by atoms with van der Waals surface area (Å²) in [6.07, 6.45) is -0.302. The van der Waals surface area contributed by atoms with Crippen LogP contribution in [-0.4, -0.2) is 30.2 Å². The lowest BCUT2D eigenvalue weighted by atomic mass is 10.1. The first-order valence-corrected chi connectivity index (χ1v) is 6.88. The lowest BCUT2D eigenvalue weighted by Crippen LogP contribution is -2.36. The molecule has 1 aromatic carbocycles. The fourth-order valence-electron chi connectivity index (χ4n) is 1.87. The SMILES string of the molecule is CCN(Cc1cc(C)ccc1OC)C(=O)OC(C)(C)C. The summed E-state index contributed by atoms with van der Waals surface area (Å²) >= 11 is 0. The number of hydrogen-bond acceptors (Lipinski definition) is 3. The van der Waals surface area contributed by atoms with Gasteiger partial charge in [-0.25, -0.2) is 4.79 Å². The predicted molar refractivity (Wildman–Crippen MR) is 80.0 cm³/mol. The van der Waals surface area contributed by atoms with Crippen LogP contribution in [0.2, 0.25) is 0 Å². The predicted octanol–water partition coefficient (Wildman–Crippen LogP) is 3.76. The highest BCUT2D eigenvalue weighted by atomic mass is 16.6. The molecule has 0 aliphatic carbocycles. The van der Waals surface area contributed by atoms with E-state index in [-0.39, 0.29) is 6.09 Å². The molecule has 20 heavy (non-hydrogen) atoms. The largest absolute Gasteiger partial charge is 0.496 e. The maximum absolute atomic E-state index is 12.1. The maximum atomic E-state index is 12.1. The molecule has 0 N–H and O–H groups in total. The second-order valence-corrected chi connectivity index (χ2v) is 5.81. The van der Waals surface area contributed by atoms with E-state index in [1.165, 1.54) is 0 Å². The van der Waals surface area contributed by atoms with Crippen molar-refractivity contribution in [2.24, 2.45) is 0 Å². The van der Waals surface area contributed by atoms with Crippen molar-refractivity contribution in [3.05, 3.63) is 29.3 Å². The number of benzene rings is 1. The van der Waals surface area contributed by atoms with Crippen LogP contribution in [0.3, 0.4) is 0 Å². The monoisotopic (exact) mass is 279 g/mol. The lowest BCUT2D eigenvalue weighted by molar-refractivity contribution is 0.0243. The Labute approximate surface area is 121 Å². The van der Waals surface area contributed by atoms with Crippen molar-refractivity contribution in [3.63, 3.8) is 0 Å². The van der Waals surface area contributed by atoms with Crippen LogP contribution in [0.4, 0.5) is 4.79 Å². The molecule has 0 aliphatic rings. The molecule has 0 aromatic heterocycles. The van der Waals surface area contributed by atoms with Gasteiger partial charge < -0.3 is 14.4 Å². The molecule has 1 rings (SSSR count). The number of nitrogens with zero attached hydrogens (tertiary/aromatic N) is 1. The third-order valence-electron chi connectivity index (χ3n) is 2.83. The first kappa shape index (κ1) is 16.3. The number of carbonyl (C=O) groups excluding carboxylic acids is 1. The molecule has 0 unspecified atom stereocenters. The molecule has 112 valence electrons. The van der Waals surface area contributed by atoms with Gasteiger partial charge >= 0.3 is 6.09 Å². The Morgan fingerprint density at radius 2 is 1.95 bits per heavy atom. The number of aryl methyl sites for hydroxylation is 1. The van der Waals surface area contributed by atoms with Crippen LogP contribution in [0.5, 0.6) is 5.75 Å². The first-order valence-electron chi connectivity index (χ1n) is 6.88.